The number of rotatable bonds is 7. The second-order valence-corrected chi connectivity index (χ2v) is 5.54. The zero-order chi connectivity index (χ0) is 15.1. The molecule has 1 atom stereocenters. The Morgan fingerprint density at radius 2 is 2.19 bits per heavy atom. The molecule has 0 aromatic heterocycles. The van der Waals surface area contributed by atoms with Crippen LogP contribution in [0.2, 0.25) is 0 Å². The van der Waals surface area contributed by atoms with Crippen LogP contribution in [-0.4, -0.2) is 43.1 Å². The number of carbonyl (C=O) groups excluding carboxylic acids is 1. The van der Waals surface area contributed by atoms with E-state index in [4.69, 9.17) is 10.5 Å². The number of amides is 1. The van der Waals surface area contributed by atoms with Gasteiger partial charge in [0, 0.05) is 39.1 Å². The fraction of sp³-hybridized carbons (Fsp3) is 0.562. The fourth-order valence-corrected chi connectivity index (χ4v) is 2.64. The number of ether oxygens (including phenoxy) is 1. The van der Waals surface area contributed by atoms with Crippen molar-refractivity contribution in [3.05, 3.63) is 29.8 Å². The van der Waals surface area contributed by atoms with Gasteiger partial charge in [0.25, 0.3) is 0 Å². The molecule has 1 unspecified atom stereocenters. The van der Waals surface area contributed by atoms with Crippen molar-refractivity contribution in [2.45, 2.75) is 32.4 Å². The van der Waals surface area contributed by atoms with Crippen molar-refractivity contribution in [1.82, 2.24) is 10.2 Å². The zero-order valence-electron chi connectivity index (χ0n) is 12.7. The predicted octanol–water partition coefficient (Wildman–Crippen LogP) is 1.12. The molecule has 116 valence electrons. The summed E-state index contributed by atoms with van der Waals surface area (Å²) in [7, 11) is 0. The van der Waals surface area contributed by atoms with Crippen LogP contribution >= 0.6 is 0 Å². The highest BCUT2D eigenvalue weighted by molar-refractivity contribution is 5.73. The van der Waals surface area contributed by atoms with Crippen LogP contribution < -0.4 is 15.8 Å². The van der Waals surface area contributed by atoms with Gasteiger partial charge in [-0.05, 0) is 30.5 Å². The van der Waals surface area contributed by atoms with E-state index in [1.54, 1.807) is 6.92 Å². The summed E-state index contributed by atoms with van der Waals surface area (Å²) in [5, 5.41) is 2.98. The van der Waals surface area contributed by atoms with Gasteiger partial charge in [0.1, 0.15) is 5.75 Å². The molecule has 0 radical (unpaired) electrons. The van der Waals surface area contributed by atoms with Gasteiger partial charge in [0.05, 0.1) is 6.61 Å². The third-order valence-corrected chi connectivity index (χ3v) is 3.73. The van der Waals surface area contributed by atoms with Gasteiger partial charge in [0.2, 0.25) is 5.91 Å². The second kappa shape index (κ2) is 8.00. The lowest BCUT2D eigenvalue weighted by Crippen LogP contribution is -2.35. The average Bonchev–Trinajstić information content (AvgIpc) is 2.91. The SMILES string of the molecule is CC(=O)NC1CCN(CCCOc2ccc(CN)cc2)C1. The van der Waals surface area contributed by atoms with Crippen molar-refractivity contribution < 1.29 is 9.53 Å². The van der Waals surface area contributed by atoms with Crippen LogP contribution in [0.3, 0.4) is 0 Å². The number of benzene rings is 1. The molecule has 5 heteroatoms. The van der Waals surface area contributed by atoms with E-state index in [1.807, 2.05) is 24.3 Å². The molecule has 1 aliphatic rings. The second-order valence-electron chi connectivity index (χ2n) is 5.54. The van der Waals surface area contributed by atoms with E-state index in [1.165, 1.54) is 0 Å². The molecule has 1 fully saturated rings. The van der Waals surface area contributed by atoms with Gasteiger partial charge in [-0.2, -0.15) is 0 Å². The molecule has 0 saturated carbocycles. The number of nitrogens with one attached hydrogen (secondary N) is 1. The number of nitrogens with two attached hydrogens (primary N) is 1. The molecular formula is C16H25N3O2. The number of hydrogen-bond acceptors (Lipinski definition) is 4. The Morgan fingerprint density at radius 1 is 1.43 bits per heavy atom. The van der Waals surface area contributed by atoms with Crippen molar-refractivity contribution in [2.75, 3.05) is 26.2 Å². The van der Waals surface area contributed by atoms with Gasteiger partial charge in [0.15, 0.2) is 0 Å². The standard InChI is InChI=1S/C16H25N3O2/c1-13(20)18-15-7-9-19(12-15)8-2-10-21-16-5-3-14(11-17)4-6-16/h3-6,15H,2,7-12,17H2,1H3,(H,18,20). The Labute approximate surface area is 126 Å². The summed E-state index contributed by atoms with van der Waals surface area (Å²) in [6, 6.07) is 8.23. The first kappa shape index (κ1) is 15.8. The van der Waals surface area contributed by atoms with Crippen molar-refractivity contribution in [3.63, 3.8) is 0 Å². The third kappa shape index (κ3) is 5.36. The van der Waals surface area contributed by atoms with E-state index in [2.05, 4.69) is 10.2 Å². The van der Waals surface area contributed by atoms with Crippen molar-refractivity contribution in [3.8, 4) is 5.75 Å². The van der Waals surface area contributed by atoms with Gasteiger partial charge in [-0.3, -0.25) is 4.79 Å². The molecule has 1 aromatic rings. The molecule has 1 heterocycles. The van der Waals surface area contributed by atoms with Gasteiger partial charge < -0.3 is 20.7 Å². The van der Waals surface area contributed by atoms with Gasteiger partial charge in [-0.1, -0.05) is 12.1 Å². The Morgan fingerprint density at radius 3 is 2.86 bits per heavy atom. The normalized spacial score (nSPS) is 18.7. The van der Waals surface area contributed by atoms with Crippen LogP contribution in [0.25, 0.3) is 0 Å². The molecule has 0 spiro atoms. The highest BCUT2D eigenvalue weighted by Gasteiger charge is 2.22. The van der Waals surface area contributed by atoms with Crippen LogP contribution in [0.1, 0.15) is 25.3 Å². The maximum absolute atomic E-state index is 11.0. The molecule has 1 aliphatic heterocycles. The molecular weight excluding hydrogens is 266 g/mol. The summed E-state index contributed by atoms with van der Waals surface area (Å²) < 4.78 is 5.72. The van der Waals surface area contributed by atoms with Gasteiger partial charge >= 0.3 is 0 Å². The van der Waals surface area contributed by atoms with Crippen molar-refractivity contribution in [1.29, 1.82) is 0 Å². The van der Waals surface area contributed by atoms with E-state index in [0.717, 1.165) is 43.8 Å². The van der Waals surface area contributed by atoms with E-state index in [-0.39, 0.29) is 5.91 Å². The summed E-state index contributed by atoms with van der Waals surface area (Å²) in [6.07, 6.45) is 2.03. The quantitative estimate of drug-likeness (QED) is 0.739. The van der Waals surface area contributed by atoms with Crippen LogP contribution in [0, 0.1) is 0 Å². The summed E-state index contributed by atoms with van der Waals surface area (Å²) in [5.74, 6) is 0.954. The molecule has 2 rings (SSSR count). The van der Waals surface area contributed by atoms with Gasteiger partial charge in [-0.15, -0.1) is 0 Å². The summed E-state index contributed by atoms with van der Waals surface area (Å²) in [4.78, 5) is 13.4. The molecule has 1 aromatic carbocycles. The maximum Gasteiger partial charge on any atom is 0.217 e. The van der Waals surface area contributed by atoms with Crippen LogP contribution in [-0.2, 0) is 11.3 Å². The number of nitrogens with zero attached hydrogens (tertiary/aromatic N) is 1. The zero-order valence-corrected chi connectivity index (χ0v) is 12.7. The van der Waals surface area contributed by atoms with Crippen LogP contribution in [0.4, 0.5) is 0 Å². The molecule has 21 heavy (non-hydrogen) atoms. The molecule has 0 bridgehead atoms. The number of hydrogen-bond donors (Lipinski definition) is 2. The Hall–Kier alpha value is -1.59. The molecule has 1 saturated heterocycles. The predicted molar refractivity (Wildman–Crippen MR) is 83.1 cm³/mol. The maximum atomic E-state index is 11.0. The first-order valence-electron chi connectivity index (χ1n) is 7.58. The highest BCUT2D eigenvalue weighted by atomic mass is 16.5. The lowest BCUT2D eigenvalue weighted by Gasteiger charge is -2.16. The molecule has 3 N–H and O–H groups in total. The first-order chi connectivity index (χ1) is 10.2. The first-order valence-corrected chi connectivity index (χ1v) is 7.58. The average molecular weight is 291 g/mol. The van der Waals surface area contributed by atoms with Crippen LogP contribution in [0.15, 0.2) is 24.3 Å². The van der Waals surface area contributed by atoms with E-state index in [0.29, 0.717) is 19.2 Å². The van der Waals surface area contributed by atoms with E-state index < -0.39 is 0 Å². The monoisotopic (exact) mass is 291 g/mol. The minimum absolute atomic E-state index is 0.0612. The topological polar surface area (TPSA) is 67.6 Å². The van der Waals surface area contributed by atoms with Crippen LogP contribution in [0.5, 0.6) is 5.75 Å². The Kier molecular flexibility index (Phi) is 6.02. The number of likely N-dealkylation sites (tertiary alicyclic amines) is 1. The molecule has 0 aliphatic carbocycles. The summed E-state index contributed by atoms with van der Waals surface area (Å²) in [6.45, 7) is 5.86. The highest BCUT2D eigenvalue weighted by Crippen LogP contribution is 2.13. The third-order valence-electron chi connectivity index (χ3n) is 3.73. The van der Waals surface area contributed by atoms with E-state index in [9.17, 15) is 4.79 Å². The number of carbonyl (C=O) groups is 1. The smallest absolute Gasteiger partial charge is 0.217 e. The molecule has 1 amide bonds. The van der Waals surface area contributed by atoms with Crippen molar-refractivity contribution >= 4 is 5.91 Å². The summed E-state index contributed by atoms with van der Waals surface area (Å²) in [5.41, 5.74) is 6.67. The van der Waals surface area contributed by atoms with E-state index >= 15 is 0 Å². The lowest BCUT2D eigenvalue weighted by atomic mass is 10.2. The Balaban J connectivity index is 1.60. The van der Waals surface area contributed by atoms with Gasteiger partial charge in [-0.25, -0.2) is 0 Å². The van der Waals surface area contributed by atoms with Crippen molar-refractivity contribution in [2.24, 2.45) is 5.73 Å². The minimum Gasteiger partial charge on any atom is -0.494 e. The fourth-order valence-electron chi connectivity index (χ4n) is 2.64. The largest absolute Gasteiger partial charge is 0.494 e. The lowest BCUT2D eigenvalue weighted by molar-refractivity contribution is -0.119. The summed E-state index contributed by atoms with van der Waals surface area (Å²) >= 11 is 0. The minimum atomic E-state index is 0.0612. The molecule has 5 nitrogen and oxygen atoms in total. The Bertz CT molecular complexity index is 447.